The van der Waals surface area contributed by atoms with Crippen LogP contribution in [0, 0.1) is 0 Å². The van der Waals surface area contributed by atoms with Gasteiger partial charge < -0.3 is 9.72 Å². The van der Waals surface area contributed by atoms with Gasteiger partial charge in [0.2, 0.25) is 0 Å². The van der Waals surface area contributed by atoms with Crippen molar-refractivity contribution >= 4 is 22.6 Å². The van der Waals surface area contributed by atoms with E-state index in [9.17, 15) is 8.78 Å². The molecule has 102 valence electrons. The zero-order valence-corrected chi connectivity index (χ0v) is 10.9. The molecule has 0 aliphatic rings. The van der Waals surface area contributed by atoms with E-state index in [0.717, 1.165) is 5.52 Å². The summed E-state index contributed by atoms with van der Waals surface area (Å²) >= 11 is 5.90. The monoisotopic (exact) mass is 294 g/mol. The van der Waals surface area contributed by atoms with Crippen LogP contribution in [0.1, 0.15) is 0 Å². The summed E-state index contributed by atoms with van der Waals surface area (Å²) in [6.07, 6.45) is 0. The van der Waals surface area contributed by atoms with E-state index < -0.39 is 6.61 Å². The third-order valence-electron chi connectivity index (χ3n) is 2.80. The molecule has 0 aliphatic carbocycles. The van der Waals surface area contributed by atoms with Crippen LogP contribution < -0.4 is 4.74 Å². The number of imidazole rings is 1. The average molecular weight is 295 g/mol. The summed E-state index contributed by atoms with van der Waals surface area (Å²) < 4.78 is 29.3. The number of H-pyrrole nitrogens is 1. The molecule has 0 radical (unpaired) electrons. The van der Waals surface area contributed by atoms with E-state index in [4.69, 9.17) is 11.6 Å². The molecule has 3 nitrogen and oxygen atoms in total. The normalized spacial score (nSPS) is 11.2. The van der Waals surface area contributed by atoms with Crippen molar-refractivity contribution < 1.29 is 13.5 Å². The summed E-state index contributed by atoms with van der Waals surface area (Å²) in [7, 11) is 0. The van der Waals surface area contributed by atoms with Crippen molar-refractivity contribution in [3.05, 3.63) is 47.5 Å². The molecular weight excluding hydrogens is 286 g/mol. The number of fused-ring (bicyclic) bond motifs is 1. The predicted molar refractivity (Wildman–Crippen MR) is 73.2 cm³/mol. The van der Waals surface area contributed by atoms with E-state index >= 15 is 0 Å². The lowest BCUT2D eigenvalue weighted by Gasteiger charge is -2.08. The molecule has 0 bridgehead atoms. The van der Waals surface area contributed by atoms with Crippen molar-refractivity contribution in [2.75, 3.05) is 0 Å². The molecule has 3 rings (SSSR count). The van der Waals surface area contributed by atoms with Crippen molar-refractivity contribution in [3.8, 4) is 17.1 Å². The van der Waals surface area contributed by atoms with Crippen molar-refractivity contribution in [2.24, 2.45) is 0 Å². The third-order valence-corrected chi connectivity index (χ3v) is 3.04. The Morgan fingerprint density at radius 3 is 2.75 bits per heavy atom. The first-order chi connectivity index (χ1) is 9.63. The van der Waals surface area contributed by atoms with Gasteiger partial charge in [-0.1, -0.05) is 23.7 Å². The molecule has 20 heavy (non-hydrogen) atoms. The number of halogens is 3. The highest BCUT2D eigenvalue weighted by Crippen LogP contribution is 2.30. The Kier molecular flexibility index (Phi) is 3.28. The van der Waals surface area contributed by atoms with Gasteiger partial charge in [0, 0.05) is 5.02 Å². The Morgan fingerprint density at radius 1 is 1.15 bits per heavy atom. The summed E-state index contributed by atoms with van der Waals surface area (Å²) in [4.78, 5) is 7.40. The van der Waals surface area contributed by atoms with Gasteiger partial charge in [-0.25, -0.2) is 4.98 Å². The van der Waals surface area contributed by atoms with Crippen LogP contribution in [0.4, 0.5) is 8.78 Å². The largest absolute Gasteiger partial charge is 0.434 e. The first kappa shape index (κ1) is 12.9. The second-order valence-electron chi connectivity index (χ2n) is 4.12. The molecule has 0 spiro atoms. The fourth-order valence-corrected chi connectivity index (χ4v) is 2.14. The van der Waals surface area contributed by atoms with Gasteiger partial charge in [-0.05, 0) is 30.3 Å². The lowest BCUT2D eigenvalue weighted by molar-refractivity contribution is -0.0494. The molecule has 0 aliphatic heterocycles. The van der Waals surface area contributed by atoms with E-state index in [2.05, 4.69) is 14.7 Å². The van der Waals surface area contributed by atoms with E-state index in [1.807, 2.05) is 0 Å². The van der Waals surface area contributed by atoms with Gasteiger partial charge >= 0.3 is 6.61 Å². The highest BCUT2D eigenvalue weighted by atomic mass is 35.5. The van der Waals surface area contributed by atoms with Crippen molar-refractivity contribution in [1.29, 1.82) is 0 Å². The quantitative estimate of drug-likeness (QED) is 0.773. The highest BCUT2D eigenvalue weighted by molar-refractivity contribution is 6.31. The molecule has 1 aromatic heterocycles. The smallest absolute Gasteiger partial charge is 0.387 e. The van der Waals surface area contributed by atoms with Gasteiger partial charge in [0.25, 0.3) is 0 Å². The molecule has 2 aromatic carbocycles. The number of alkyl halides is 2. The number of nitrogens with one attached hydrogen (secondary N) is 1. The van der Waals surface area contributed by atoms with Gasteiger partial charge in [0.15, 0.2) is 0 Å². The van der Waals surface area contributed by atoms with Gasteiger partial charge in [0.05, 0.1) is 16.6 Å². The van der Waals surface area contributed by atoms with Crippen LogP contribution in [0.2, 0.25) is 5.02 Å². The molecule has 1 N–H and O–H groups in total. The van der Waals surface area contributed by atoms with E-state index in [0.29, 0.717) is 21.9 Å². The number of aromatic amines is 1. The minimum Gasteiger partial charge on any atom is -0.434 e. The predicted octanol–water partition coefficient (Wildman–Crippen LogP) is 4.48. The number of hydrogen-bond acceptors (Lipinski definition) is 2. The molecule has 0 unspecified atom stereocenters. The van der Waals surface area contributed by atoms with Crippen LogP contribution in [0.25, 0.3) is 22.4 Å². The number of ether oxygens (including phenoxy) is 1. The second kappa shape index (κ2) is 5.09. The van der Waals surface area contributed by atoms with Crippen LogP contribution in [-0.4, -0.2) is 16.6 Å². The minimum atomic E-state index is -2.88. The van der Waals surface area contributed by atoms with Crippen LogP contribution in [0.5, 0.6) is 5.75 Å². The number of hydrogen-bond donors (Lipinski definition) is 1. The fraction of sp³-hybridized carbons (Fsp3) is 0.0714. The summed E-state index contributed by atoms with van der Waals surface area (Å²) in [6, 6.07) is 11.7. The van der Waals surface area contributed by atoms with Crippen molar-refractivity contribution in [3.63, 3.8) is 0 Å². The molecule has 6 heteroatoms. The lowest BCUT2D eigenvalue weighted by atomic mass is 10.2. The first-order valence-corrected chi connectivity index (χ1v) is 6.21. The average Bonchev–Trinajstić information content (AvgIpc) is 2.81. The maximum absolute atomic E-state index is 12.4. The molecule has 1 heterocycles. The Bertz CT molecular complexity index is 758. The van der Waals surface area contributed by atoms with Gasteiger partial charge in [-0.15, -0.1) is 0 Å². The molecular formula is C14H9ClF2N2O. The van der Waals surface area contributed by atoms with Crippen molar-refractivity contribution in [2.45, 2.75) is 6.61 Å². The Morgan fingerprint density at radius 2 is 1.95 bits per heavy atom. The highest BCUT2D eigenvalue weighted by Gasteiger charge is 2.13. The van der Waals surface area contributed by atoms with E-state index in [-0.39, 0.29) is 5.75 Å². The third kappa shape index (κ3) is 2.44. The molecule has 0 atom stereocenters. The van der Waals surface area contributed by atoms with Crippen molar-refractivity contribution in [1.82, 2.24) is 9.97 Å². The summed E-state index contributed by atoms with van der Waals surface area (Å²) in [5, 5.41) is 0.574. The number of benzene rings is 2. The van der Waals surface area contributed by atoms with Crippen LogP contribution in [0.15, 0.2) is 42.5 Å². The second-order valence-corrected chi connectivity index (χ2v) is 4.56. The minimum absolute atomic E-state index is 0.0765. The summed E-state index contributed by atoms with van der Waals surface area (Å²) in [6.45, 7) is -2.88. The Labute approximate surface area is 118 Å². The first-order valence-electron chi connectivity index (χ1n) is 5.83. The maximum Gasteiger partial charge on any atom is 0.387 e. The van der Waals surface area contributed by atoms with Gasteiger partial charge in [-0.2, -0.15) is 8.78 Å². The lowest BCUT2D eigenvalue weighted by Crippen LogP contribution is -2.03. The van der Waals surface area contributed by atoms with E-state index in [1.165, 1.54) is 6.07 Å². The van der Waals surface area contributed by atoms with Gasteiger partial charge in [0.1, 0.15) is 11.6 Å². The van der Waals surface area contributed by atoms with E-state index in [1.54, 1.807) is 36.4 Å². The maximum atomic E-state index is 12.4. The fourth-order valence-electron chi connectivity index (χ4n) is 1.97. The number of aromatic nitrogens is 2. The molecule has 0 amide bonds. The Hall–Kier alpha value is -2.14. The molecule has 0 saturated heterocycles. The summed E-state index contributed by atoms with van der Waals surface area (Å²) in [5.74, 6) is 0.533. The van der Waals surface area contributed by atoms with Crippen LogP contribution in [0.3, 0.4) is 0 Å². The SMILES string of the molecule is FC(F)Oc1ccccc1-c1nc2ccc(Cl)cc2[nH]1. The number of nitrogens with zero attached hydrogens (tertiary/aromatic N) is 1. The molecule has 0 saturated carbocycles. The topological polar surface area (TPSA) is 37.9 Å². The van der Waals surface area contributed by atoms with Crippen LogP contribution in [-0.2, 0) is 0 Å². The number of rotatable bonds is 3. The standard InChI is InChI=1S/C14H9ClF2N2O/c15-8-5-6-10-11(7-8)19-13(18-10)9-3-1-2-4-12(9)20-14(16)17/h1-7,14H,(H,18,19). The molecule has 3 aromatic rings. The zero-order valence-electron chi connectivity index (χ0n) is 10.1. The molecule has 0 fully saturated rings. The van der Waals surface area contributed by atoms with Crippen LogP contribution >= 0.6 is 11.6 Å². The van der Waals surface area contributed by atoms with Gasteiger partial charge in [-0.3, -0.25) is 0 Å². The Balaban J connectivity index is 2.10. The zero-order chi connectivity index (χ0) is 14.1. The number of para-hydroxylation sites is 1. The summed E-state index contributed by atoms with van der Waals surface area (Å²) in [5.41, 5.74) is 1.91.